The number of carboxylic acid groups (broad SMARTS) is 1. The minimum absolute atomic E-state index is 0.118. The fourth-order valence-electron chi connectivity index (χ4n) is 1.67. The van der Waals surface area contributed by atoms with Gasteiger partial charge in [-0.15, -0.1) is 0 Å². The lowest BCUT2D eigenvalue weighted by Gasteiger charge is -2.27. The van der Waals surface area contributed by atoms with Gasteiger partial charge in [-0.25, -0.2) is 4.79 Å². The minimum Gasteiger partial charge on any atom is -0.479 e. The first-order chi connectivity index (χ1) is 6.75. The molecule has 1 saturated heterocycles. The standard InChI is InChI=1S/C10H18O4/c1-2-5-14-9(10(11)12)8-3-6-13-7-4-8/h8-9H,2-7H2,1H3,(H,11,12). The zero-order chi connectivity index (χ0) is 10.4. The van der Waals surface area contributed by atoms with Crippen LogP contribution in [-0.4, -0.2) is 37.0 Å². The first-order valence-corrected chi connectivity index (χ1v) is 5.18. The highest BCUT2D eigenvalue weighted by Crippen LogP contribution is 2.21. The molecule has 1 rings (SSSR count). The van der Waals surface area contributed by atoms with E-state index in [1.54, 1.807) is 0 Å². The highest BCUT2D eigenvalue weighted by atomic mass is 16.5. The summed E-state index contributed by atoms with van der Waals surface area (Å²) in [6, 6.07) is 0. The van der Waals surface area contributed by atoms with Gasteiger partial charge in [0.25, 0.3) is 0 Å². The molecule has 1 aliphatic rings. The lowest BCUT2D eigenvalue weighted by molar-refractivity contribution is -0.156. The Morgan fingerprint density at radius 3 is 2.71 bits per heavy atom. The van der Waals surface area contributed by atoms with Crippen molar-refractivity contribution in [1.29, 1.82) is 0 Å². The van der Waals surface area contributed by atoms with E-state index in [0.29, 0.717) is 19.8 Å². The van der Waals surface area contributed by atoms with E-state index in [1.807, 2.05) is 6.92 Å². The van der Waals surface area contributed by atoms with E-state index >= 15 is 0 Å². The quantitative estimate of drug-likeness (QED) is 0.730. The van der Waals surface area contributed by atoms with Crippen molar-refractivity contribution in [2.45, 2.75) is 32.3 Å². The average molecular weight is 202 g/mol. The first-order valence-electron chi connectivity index (χ1n) is 5.18. The molecule has 1 N–H and O–H groups in total. The number of aliphatic carboxylic acids is 1. The molecule has 1 heterocycles. The second kappa shape index (κ2) is 5.98. The van der Waals surface area contributed by atoms with E-state index in [4.69, 9.17) is 14.6 Å². The van der Waals surface area contributed by atoms with Gasteiger partial charge in [-0.1, -0.05) is 6.92 Å². The molecule has 0 spiro atoms. The monoisotopic (exact) mass is 202 g/mol. The Morgan fingerprint density at radius 1 is 1.57 bits per heavy atom. The maximum absolute atomic E-state index is 10.9. The van der Waals surface area contributed by atoms with Crippen molar-refractivity contribution in [2.75, 3.05) is 19.8 Å². The van der Waals surface area contributed by atoms with Gasteiger partial charge in [-0.05, 0) is 19.3 Å². The zero-order valence-electron chi connectivity index (χ0n) is 8.57. The highest BCUT2D eigenvalue weighted by molar-refractivity contribution is 5.72. The third kappa shape index (κ3) is 3.27. The molecule has 1 atom stereocenters. The Labute approximate surface area is 84.2 Å². The van der Waals surface area contributed by atoms with Crippen molar-refractivity contribution < 1.29 is 19.4 Å². The highest BCUT2D eigenvalue weighted by Gasteiger charge is 2.30. The fraction of sp³-hybridized carbons (Fsp3) is 0.900. The Kier molecular flexibility index (Phi) is 4.90. The van der Waals surface area contributed by atoms with Crippen molar-refractivity contribution in [3.63, 3.8) is 0 Å². The molecule has 1 unspecified atom stereocenters. The summed E-state index contributed by atoms with van der Waals surface area (Å²) in [7, 11) is 0. The largest absolute Gasteiger partial charge is 0.479 e. The molecule has 0 aromatic carbocycles. The molecule has 0 bridgehead atoms. The van der Waals surface area contributed by atoms with Crippen molar-refractivity contribution in [2.24, 2.45) is 5.92 Å². The van der Waals surface area contributed by atoms with Crippen LogP contribution < -0.4 is 0 Å². The lowest BCUT2D eigenvalue weighted by Crippen LogP contribution is -2.36. The Balaban J connectivity index is 2.43. The van der Waals surface area contributed by atoms with Crippen LogP contribution in [0, 0.1) is 5.92 Å². The van der Waals surface area contributed by atoms with E-state index < -0.39 is 12.1 Å². The third-order valence-corrected chi connectivity index (χ3v) is 2.44. The predicted molar refractivity (Wildman–Crippen MR) is 51.2 cm³/mol. The topological polar surface area (TPSA) is 55.8 Å². The number of carboxylic acids is 1. The molecule has 0 radical (unpaired) electrons. The molecule has 4 heteroatoms. The molecule has 0 amide bonds. The van der Waals surface area contributed by atoms with Crippen molar-refractivity contribution in [3.05, 3.63) is 0 Å². The average Bonchev–Trinajstić information content (AvgIpc) is 2.19. The lowest BCUT2D eigenvalue weighted by atomic mass is 9.94. The van der Waals surface area contributed by atoms with Crippen LogP contribution in [0.1, 0.15) is 26.2 Å². The van der Waals surface area contributed by atoms with Gasteiger partial charge in [-0.3, -0.25) is 0 Å². The maximum Gasteiger partial charge on any atom is 0.333 e. The SMILES string of the molecule is CCCOC(C(=O)O)C1CCOCC1. The number of rotatable bonds is 5. The van der Waals surface area contributed by atoms with Crippen molar-refractivity contribution in [1.82, 2.24) is 0 Å². The Hall–Kier alpha value is -0.610. The number of ether oxygens (including phenoxy) is 2. The second-order valence-corrected chi connectivity index (χ2v) is 3.58. The Bertz CT molecular complexity index is 175. The summed E-state index contributed by atoms with van der Waals surface area (Å²) in [5.74, 6) is -0.724. The number of hydrogen-bond acceptors (Lipinski definition) is 3. The van der Waals surface area contributed by atoms with Gasteiger partial charge in [0, 0.05) is 25.7 Å². The molecule has 14 heavy (non-hydrogen) atoms. The third-order valence-electron chi connectivity index (χ3n) is 2.44. The molecule has 0 saturated carbocycles. The van der Waals surface area contributed by atoms with Crippen LogP contribution in [0.2, 0.25) is 0 Å². The van der Waals surface area contributed by atoms with Gasteiger partial charge < -0.3 is 14.6 Å². The van der Waals surface area contributed by atoms with E-state index in [9.17, 15) is 4.79 Å². The van der Waals surface area contributed by atoms with Crippen LogP contribution in [0.4, 0.5) is 0 Å². The maximum atomic E-state index is 10.9. The van der Waals surface area contributed by atoms with Gasteiger partial charge in [0.1, 0.15) is 0 Å². The summed E-state index contributed by atoms with van der Waals surface area (Å²) < 4.78 is 10.5. The number of hydrogen-bond donors (Lipinski definition) is 1. The summed E-state index contributed by atoms with van der Waals surface area (Å²) in [6.07, 6.45) is 1.80. The van der Waals surface area contributed by atoms with Crippen LogP contribution in [0.25, 0.3) is 0 Å². The molecule has 82 valence electrons. The smallest absolute Gasteiger partial charge is 0.333 e. The Morgan fingerprint density at radius 2 is 2.21 bits per heavy atom. The number of carbonyl (C=O) groups is 1. The molecule has 0 aliphatic carbocycles. The molecule has 1 aliphatic heterocycles. The van der Waals surface area contributed by atoms with Crippen LogP contribution in [-0.2, 0) is 14.3 Å². The molecule has 4 nitrogen and oxygen atoms in total. The van der Waals surface area contributed by atoms with Crippen molar-refractivity contribution >= 4 is 5.97 Å². The summed E-state index contributed by atoms with van der Waals surface area (Å²) in [4.78, 5) is 10.9. The van der Waals surface area contributed by atoms with Crippen molar-refractivity contribution in [3.8, 4) is 0 Å². The molecular weight excluding hydrogens is 184 g/mol. The normalized spacial score (nSPS) is 20.6. The fourth-order valence-corrected chi connectivity index (χ4v) is 1.67. The zero-order valence-corrected chi connectivity index (χ0v) is 8.57. The van der Waals surface area contributed by atoms with Gasteiger partial charge in [0.15, 0.2) is 6.10 Å². The summed E-state index contributed by atoms with van der Waals surface area (Å²) >= 11 is 0. The molecule has 0 aromatic rings. The van der Waals surface area contributed by atoms with Crippen LogP contribution >= 0.6 is 0 Å². The van der Waals surface area contributed by atoms with Crippen LogP contribution in [0.3, 0.4) is 0 Å². The first kappa shape index (κ1) is 11.5. The van der Waals surface area contributed by atoms with E-state index in [1.165, 1.54) is 0 Å². The summed E-state index contributed by atoms with van der Waals surface area (Å²) in [6.45, 7) is 3.81. The second-order valence-electron chi connectivity index (χ2n) is 3.58. The predicted octanol–water partition coefficient (Wildman–Crippen LogP) is 1.29. The summed E-state index contributed by atoms with van der Waals surface area (Å²) in [5, 5.41) is 8.99. The van der Waals surface area contributed by atoms with Gasteiger partial charge in [0.2, 0.25) is 0 Å². The van der Waals surface area contributed by atoms with Gasteiger partial charge in [-0.2, -0.15) is 0 Å². The van der Waals surface area contributed by atoms with Crippen LogP contribution in [0.5, 0.6) is 0 Å². The van der Waals surface area contributed by atoms with E-state index in [2.05, 4.69) is 0 Å². The van der Waals surface area contributed by atoms with Crippen LogP contribution in [0.15, 0.2) is 0 Å². The van der Waals surface area contributed by atoms with E-state index in [-0.39, 0.29) is 5.92 Å². The minimum atomic E-state index is -0.842. The van der Waals surface area contributed by atoms with Gasteiger partial charge >= 0.3 is 5.97 Å². The van der Waals surface area contributed by atoms with E-state index in [0.717, 1.165) is 19.3 Å². The van der Waals surface area contributed by atoms with Gasteiger partial charge in [0.05, 0.1) is 0 Å². The molecule has 0 aromatic heterocycles. The molecule has 1 fully saturated rings. The summed E-state index contributed by atoms with van der Waals surface area (Å²) in [5.41, 5.74) is 0. The molecular formula is C10H18O4.